The van der Waals surface area contributed by atoms with Gasteiger partial charge in [0.1, 0.15) is 5.60 Å². The van der Waals surface area contributed by atoms with Crippen LogP contribution in [0, 0.1) is 6.92 Å². The Morgan fingerprint density at radius 3 is 2.74 bits per heavy atom. The Kier molecular flexibility index (Phi) is 3.85. The lowest BCUT2D eigenvalue weighted by atomic mass is 9.88. The smallest absolute Gasteiger partial charge is 0.255 e. The van der Waals surface area contributed by atoms with Gasteiger partial charge in [0.25, 0.3) is 5.91 Å². The van der Waals surface area contributed by atoms with E-state index >= 15 is 0 Å². The molecule has 1 aromatic rings. The number of nitrogens with zero attached hydrogens (tertiary/aromatic N) is 3. The van der Waals surface area contributed by atoms with E-state index in [0.717, 1.165) is 31.8 Å². The molecule has 3 saturated heterocycles. The molecule has 5 nitrogen and oxygen atoms in total. The Morgan fingerprint density at radius 1 is 1.26 bits per heavy atom. The van der Waals surface area contributed by atoms with Crippen LogP contribution in [0.4, 0.5) is 0 Å². The highest BCUT2D eigenvalue weighted by molar-refractivity contribution is 5.94. The van der Waals surface area contributed by atoms with Gasteiger partial charge in [0.15, 0.2) is 0 Å². The second-order valence-corrected chi connectivity index (χ2v) is 7.30. The fraction of sp³-hybridized carbons (Fsp3) is 0.667. The molecule has 1 atom stereocenters. The fourth-order valence-electron chi connectivity index (χ4n) is 4.13. The van der Waals surface area contributed by atoms with Crippen LogP contribution >= 0.6 is 0 Å². The number of hydrogen-bond donors (Lipinski definition) is 0. The van der Waals surface area contributed by atoms with Gasteiger partial charge in [-0.2, -0.15) is 0 Å². The lowest BCUT2D eigenvalue weighted by Gasteiger charge is -2.47. The summed E-state index contributed by atoms with van der Waals surface area (Å²) >= 11 is 0. The van der Waals surface area contributed by atoms with Crippen molar-refractivity contribution in [1.82, 2.24) is 14.8 Å². The molecular formula is C18H25N3O2. The predicted octanol–water partition coefficient (Wildman–Crippen LogP) is 1.86. The minimum absolute atomic E-state index is 0.0770. The standard InChI is InChI=1S/C18H25N3O2/c1-14-5-6-15(10-19-14)17(22)21-12-18(13-21)9-16(11-23-18)20-7-3-2-4-8-20/h5-6,10,16H,2-4,7-9,11-13H2,1H3. The number of rotatable bonds is 2. The summed E-state index contributed by atoms with van der Waals surface area (Å²) in [7, 11) is 0. The van der Waals surface area contributed by atoms with Crippen molar-refractivity contribution in [3.05, 3.63) is 29.6 Å². The van der Waals surface area contributed by atoms with Crippen LogP contribution in [0.5, 0.6) is 0 Å². The van der Waals surface area contributed by atoms with Gasteiger partial charge >= 0.3 is 0 Å². The third-order valence-corrected chi connectivity index (χ3v) is 5.50. The van der Waals surface area contributed by atoms with Gasteiger partial charge in [-0.15, -0.1) is 0 Å². The van der Waals surface area contributed by atoms with Crippen LogP contribution in [0.15, 0.2) is 18.3 Å². The number of piperidine rings is 1. The Hall–Kier alpha value is -1.46. The first-order valence-corrected chi connectivity index (χ1v) is 8.75. The van der Waals surface area contributed by atoms with Gasteiger partial charge in [-0.25, -0.2) is 0 Å². The molecule has 0 N–H and O–H groups in total. The summed E-state index contributed by atoms with van der Waals surface area (Å²) in [6.45, 7) is 6.63. The lowest BCUT2D eigenvalue weighted by molar-refractivity contribution is -0.0951. The molecule has 4 heterocycles. The summed E-state index contributed by atoms with van der Waals surface area (Å²) in [5, 5.41) is 0. The van der Waals surface area contributed by atoms with Gasteiger partial charge in [-0.1, -0.05) is 6.42 Å². The summed E-state index contributed by atoms with van der Waals surface area (Å²) in [5.41, 5.74) is 1.52. The van der Waals surface area contributed by atoms with Gasteiger partial charge in [0, 0.05) is 17.9 Å². The summed E-state index contributed by atoms with van der Waals surface area (Å²) in [4.78, 5) is 21.2. The number of amides is 1. The minimum Gasteiger partial charge on any atom is -0.370 e. The van der Waals surface area contributed by atoms with Crippen molar-refractivity contribution in [2.45, 2.75) is 44.2 Å². The fourth-order valence-corrected chi connectivity index (χ4v) is 4.13. The van der Waals surface area contributed by atoms with Crippen molar-refractivity contribution in [2.24, 2.45) is 0 Å². The van der Waals surface area contributed by atoms with E-state index in [1.165, 1.54) is 32.4 Å². The number of pyridine rings is 1. The number of aryl methyl sites for hydroxylation is 1. The number of aromatic nitrogens is 1. The van der Waals surface area contributed by atoms with Crippen LogP contribution in [-0.4, -0.2) is 65.1 Å². The predicted molar refractivity (Wildman–Crippen MR) is 87.4 cm³/mol. The van der Waals surface area contributed by atoms with Crippen LogP contribution in [0.25, 0.3) is 0 Å². The van der Waals surface area contributed by atoms with Crippen molar-refractivity contribution < 1.29 is 9.53 Å². The molecule has 3 fully saturated rings. The van der Waals surface area contributed by atoms with E-state index in [9.17, 15) is 4.79 Å². The molecule has 23 heavy (non-hydrogen) atoms. The molecule has 1 spiro atoms. The number of carbonyl (C=O) groups excluding carboxylic acids is 1. The molecule has 4 rings (SSSR count). The van der Waals surface area contributed by atoms with E-state index in [0.29, 0.717) is 11.6 Å². The number of likely N-dealkylation sites (tertiary alicyclic amines) is 2. The second kappa shape index (κ2) is 5.87. The van der Waals surface area contributed by atoms with E-state index in [1.807, 2.05) is 24.0 Å². The SMILES string of the molecule is Cc1ccc(C(=O)N2CC3(CC(N4CCCCC4)CO3)C2)cn1. The van der Waals surface area contributed by atoms with Gasteiger partial charge < -0.3 is 9.64 Å². The monoisotopic (exact) mass is 315 g/mol. The van der Waals surface area contributed by atoms with Crippen molar-refractivity contribution in [3.63, 3.8) is 0 Å². The maximum atomic E-state index is 12.5. The summed E-state index contributed by atoms with van der Waals surface area (Å²) in [6.07, 6.45) is 6.74. The van der Waals surface area contributed by atoms with Crippen LogP contribution in [-0.2, 0) is 4.74 Å². The lowest BCUT2D eigenvalue weighted by Crippen LogP contribution is -2.63. The quantitative estimate of drug-likeness (QED) is 0.836. The maximum absolute atomic E-state index is 12.5. The first kappa shape index (κ1) is 15.1. The zero-order valence-electron chi connectivity index (χ0n) is 13.8. The Morgan fingerprint density at radius 2 is 2.04 bits per heavy atom. The minimum atomic E-state index is -0.0874. The molecule has 0 aliphatic carbocycles. The van der Waals surface area contributed by atoms with Gasteiger partial charge in [-0.3, -0.25) is 14.7 Å². The van der Waals surface area contributed by atoms with Crippen LogP contribution < -0.4 is 0 Å². The Balaban J connectivity index is 1.34. The van der Waals surface area contributed by atoms with Gasteiger partial charge in [-0.05, 0) is 51.4 Å². The Labute approximate surface area is 137 Å². The van der Waals surface area contributed by atoms with E-state index in [2.05, 4.69) is 9.88 Å². The normalized spacial score (nSPS) is 27.2. The first-order chi connectivity index (χ1) is 11.2. The third kappa shape index (κ3) is 2.88. The highest BCUT2D eigenvalue weighted by atomic mass is 16.5. The summed E-state index contributed by atoms with van der Waals surface area (Å²) in [5.74, 6) is 0.0770. The van der Waals surface area contributed by atoms with Crippen LogP contribution in [0.2, 0.25) is 0 Å². The van der Waals surface area contributed by atoms with Gasteiger partial charge in [0.2, 0.25) is 0 Å². The Bertz CT molecular complexity index is 574. The number of ether oxygens (including phenoxy) is 1. The molecule has 0 bridgehead atoms. The van der Waals surface area contributed by atoms with Crippen LogP contribution in [0.1, 0.15) is 41.7 Å². The number of hydrogen-bond acceptors (Lipinski definition) is 4. The topological polar surface area (TPSA) is 45.7 Å². The molecular weight excluding hydrogens is 290 g/mol. The molecule has 124 valence electrons. The highest BCUT2D eigenvalue weighted by Gasteiger charge is 2.52. The van der Waals surface area contributed by atoms with E-state index in [-0.39, 0.29) is 11.5 Å². The number of carbonyl (C=O) groups is 1. The van der Waals surface area contributed by atoms with Crippen LogP contribution in [0.3, 0.4) is 0 Å². The molecule has 0 radical (unpaired) electrons. The molecule has 3 aliphatic heterocycles. The van der Waals surface area contributed by atoms with Gasteiger partial charge in [0.05, 0.1) is 25.3 Å². The van der Waals surface area contributed by atoms with E-state index in [4.69, 9.17) is 4.74 Å². The molecule has 1 unspecified atom stereocenters. The molecule has 5 heteroatoms. The molecule has 1 amide bonds. The van der Waals surface area contributed by atoms with E-state index in [1.54, 1.807) is 6.20 Å². The maximum Gasteiger partial charge on any atom is 0.255 e. The zero-order chi connectivity index (χ0) is 15.9. The average Bonchev–Trinajstić information content (AvgIpc) is 3.00. The van der Waals surface area contributed by atoms with E-state index < -0.39 is 0 Å². The van der Waals surface area contributed by atoms with Crippen molar-refractivity contribution in [3.8, 4) is 0 Å². The molecule has 3 aliphatic rings. The third-order valence-electron chi connectivity index (χ3n) is 5.50. The second-order valence-electron chi connectivity index (χ2n) is 7.30. The first-order valence-electron chi connectivity index (χ1n) is 8.75. The van der Waals surface area contributed by atoms with Crippen molar-refractivity contribution in [1.29, 1.82) is 0 Å². The largest absolute Gasteiger partial charge is 0.370 e. The zero-order valence-corrected chi connectivity index (χ0v) is 13.8. The van der Waals surface area contributed by atoms with Crippen molar-refractivity contribution >= 4 is 5.91 Å². The molecule has 1 aromatic heterocycles. The van der Waals surface area contributed by atoms with Crippen molar-refractivity contribution in [2.75, 3.05) is 32.8 Å². The molecule has 0 saturated carbocycles. The summed E-state index contributed by atoms with van der Waals surface area (Å²) in [6, 6.07) is 4.30. The summed E-state index contributed by atoms with van der Waals surface area (Å²) < 4.78 is 6.13. The molecule has 0 aromatic carbocycles. The highest BCUT2D eigenvalue weighted by Crippen LogP contribution is 2.38. The average molecular weight is 315 g/mol.